The number of rotatable bonds is 15. The molecule has 2 aromatic carbocycles. The third-order valence-corrected chi connectivity index (χ3v) is 7.24. The van der Waals surface area contributed by atoms with Crippen LogP contribution in [0.15, 0.2) is 36.4 Å². The van der Waals surface area contributed by atoms with E-state index in [9.17, 15) is 25.2 Å². The monoisotopic (exact) mass is 528 g/mol. The van der Waals surface area contributed by atoms with Crippen molar-refractivity contribution in [2.75, 3.05) is 49.2 Å². The minimum absolute atomic E-state index is 0.00384. The number of phenolic OH excluding ortho intramolecular Hbond substituents is 2. The van der Waals surface area contributed by atoms with Crippen LogP contribution in [0.4, 0.5) is 11.4 Å². The number of aliphatic hydroxyl groups excluding tert-OH is 2. The van der Waals surface area contributed by atoms with Crippen molar-refractivity contribution in [2.24, 2.45) is 0 Å². The Morgan fingerprint density at radius 3 is 1.55 bits per heavy atom. The lowest BCUT2D eigenvalue weighted by atomic mass is 9.63. The lowest BCUT2D eigenvalue weighted by molar-refractivity contribution is -0.121. The fourth-order valence-electron chi connectivity index (χ4n) is 5.40. The molecule has 0 saturated heterocycles. The van der Waals surface area contributed by atoms with Crippen LogP contribution in [-0.2, 0) is 9.53 Å². The van der Waals surface area contributed by atoms with Gasteiger partial charge in [-0.1, -0.05) is 32.9 Å². The van der Waals surface area contributed by atoms with Crippen LogP contribution in [0.25, 0.3) is 0 Å². The van der Waals surface area contributed by atoms with E-state index in [1.54, 1.807) is 24.3 Å². The summed E-state index contributed by atoms with van der Waals surface area (Å²) in [4.78, 5) is 15.4. The first-order valence-electron chi connectivity index (χ1n) is 13.8. The lowest BCUT2D eigenvalue weighted by Crippen LogP contribution is -2.51. The van der Waals surface area contributed by atoms with Gasteiger partial charge in [-0.3, -0.25) is 4.79 Å². The zero-order valence-electron chi connectivity index (χ0n) is 23.1. The maximum Gasteiger partial charge on any atom is 0.155 e. The summed E-state index contributed by atoms with van der Waals surface area (Å²) in [5.41, 5.74) is 2.71. The summed E-state index contributed by atoms with van der Waals surface area (Å²) < 4.78 is 5.41. The van der Waals surface area contributed by atoms with Gasteiger partial charge in [0.1, 0.15) is 18.1 Å². The summed E-state index contributed by atoms with van der Waals surface area (Å²) in [6.07, 6.45) is 0.987. The maximum absolute atomic E-state index is 11.1. The molecule has 1 aliphatic carbocycles. The number of phenols is 2. The molecule has 0 aromatic heterocycles. The average molecular weight is 529 g/mol. The Bertz CT molecular complexity index is 1050. The third-order valence-electron chi connectivity index (χ3n) is 7.24. The first-order valence-corrected chi connectivity index (χ1v) is 13.8. The molecular formula is C30H44N2O6. The van der Waals surface area contributed by atoms with Crippen molar-refractivity contribution in [3.63, 3.8) is 0 Å². The Morgan fingerprint density at radius 2 is 1.18 bits per heavy atom. The number of ether oxygens (including phenoxy) is 1. The van der Waals surface area contributed by atoms with Gasteiger partial charge in [0.05, 0.1) is 18.8 Å². The number of Topliss-reactive ketones (excluding diaryl/α,β-unsaturated/α-hetero) is 1. The van der Waals surface area contributed by atoms with Gasteiger partial charge in [-0.2, -0.15) is 0 Å². The normalized spacial score (nSPS) is 20.7. The number of aromatic hydroxyl groups is 2. The van der Waals surface area contributed by atoms with Gasteiger partial charge in [-0.05, 0) is 38.3 Å². The van der Waals surface area contributed by atoms with E-state index in [1.807, 2.05) is 12.1 Å². The maximum atomic E-state index is 11.1. The van der Waals surface area contributed by atoms with Crippen LogP contribution in [0, 0.1) is 0 Å². The highest BCUT2D eigenvalue weighted by atomic mass is 16.5. The molecule has 4 N–H and O–H groups in total. The molecule has 8 heteroatoms. The Morgan fingerprint density at radius 1 is 0.763 bits per heavy atom. The number of anilines is 2. The molecule has 2 unspecified atom stereocenters. The van der Waals surface area contributed by atoms with Crippen molar-refractivity contribution in [3.05, 3.63) is 47.5 Å². The first kappa shape index (κ1) is 29.7. The highest BCUT2D eigenvalue weighted by Crippen LogP contribution is 2.52. The van der Waals surface area contributed by atoms with Gasteiger partial charge < -0.3 is 35.0 Å². The number of hydrogen-bond acceptors (Lipinski definition) is 8. The molecule has 0 heterocycles. The fraction of sp³-hybridized carbons (Fsp3) is 0.567. The molecule has 1 fully saturated rings. The molecule has 1 aliphatic rings. The van der Waals surface area contributed by atoms with E-state index < -0.39 is 24.0 Å². The number of carbonyl (C=O) groups excluding carboxylic acids is 1. The van der Waals surface area contributed by atoms with Crippen molar-refractivity contribution in [3.8, 4) is 11.5 Å². The fourth-order valence-corrected chi connectivity index (χ4v) is 5.40. The Kier molecular flexibility index (Phi) is 10.8. The van der Waals surface area contributed by atoms with E-state index in [0.717, 1.165) is 50.3 Å². The van der Waals surface area contributed by atoms with Crippen molar-refractivity contribution in [1.29, 1.82) is 0 Å². The van der Waals surface area contributed by atoms with Crippen LogP contribution in [0.1, 0.15) is 69.9 Å². The van der Waals surface area contributed by atoms with E-state index in [-0.39, 0.29) is 23.9 Å². The molecule has 2 aromatic rings. The Balaban J connectivity index is 1.73. The molecule has 38 heavy (non-hydrogen) atoms. The largest absolute Gasteiger partial charge is 0.508 e. The SMILES string of the molecule is CCCN(CCC)c1ccc(C2C(O)C(c3ccc(N(CCC)CCOCC(C)=O)cc3O)C2O)c(O)c1. The van der Waals surface area contributed by atoms with Crippen LogP contribution in [-0.4, -0.2) is 77.8 Å². The van der Waals surface area contributed by atoms with Crippen LogP contribution in [0.2, 0.25) is 0 Å². The van der Waals surface area contributed by atoms with Crippen LogP contribution >= 0.6 is 0 Å². The van der Waals surface area contributed by atoms with Crippen LogP contribution in [0.3, 0.4) is 0 Å². The van der Waals surface area contributed by atoms with E-state index in [2.05, 4.69) is 30.6 Å². The summed E-state index contributed by atoms with van der Waals surface area (Å²) in [5.74, 6) is -1.27. The van der Waals surface area contributed by atoms with Gasteiger partial charge >= 0.3 is 0 Å². The zero-order chi connectivity index (χ0) is 27.8. The summed E-state index contributed by atoms with van der Waals surface area (Å²) in [7, 11) is 0. The minimum Gasteiger partial charge on any atom is -0.508 e. The van der Waals surface area contributed by atoms with Gasteiger partial charge in [0.2, 0.25) is 0 Å². The molecule has 8 nitrogen and oxygen atoms in total. The molecule has 0 aliphatic heterocycles. The number of hydrogen-bond donors (Lipinski definition) is 4. The summed E-state index contributed by atoms with van der Waals surface area (Å²) in [5, 5.41) is 43.7. The van der Waals surface area contributed by atoms with Gasteiger partial charge in [0, 0.05) is 72.6 Å². The highest BCUT2D eigenvalue weighted by Gasteiger charge is 2.52. The number of benzene rings is 2. The van der Waals surface area contributed by atoms with Gasteiger partial charge in [-0.15, -0.1) is 0 Å². The second kappa shape index (κ2) is 13.8. The number of ketones is 1. The highest BCUT2D eigenvalue weighted by molar-refractivity contribution is 5.76. The predicted molar refractivity (Wildman–Crippen MR) is 151 cm³/mol. The van der Waals surface area contributed by atoms with E-state index in [4.69, 9.17) is 4.74 Å². The van der Waals surface area contributed by atoms with Gasteiger partial charge in [0.25, 0.3) is 0 Å². The lowest BCUT2D eigenvalue weighted by Gasteiger charge is -2.47. The first-order chi connectivity index (χ1) is 18.2. The second-order valence-electron chi connectivity index (χ2n) is 10.2. The number of nitrogens with zero attached hydrogens (tertiary/aromatic N) is 2. The minimum atomic E-state index is -0.951. The van der Waals surface area contributed by atoms with Gasteiger partial charge in [0.15, 0.2) is 5.78 Å². The van der Waals surface area contributed by atoms with E-state index in [1.165, 1.54) is 6.92 Å². The molecule has 0 radical (unpaired) electrons. The number of carbonyl (C=O) groups is 1. The topological polar surface area (TPSA) is 114 Å². The quantitative estimate of drug-likeness (QED) is 0.255. The van der Waals surface area contributed by atoms with E-state index >= 15 is 0 Å². The number of aliphatic hydroxyl groups is 2. The van der Waals surface area contributed by atoms with E-state index in [0.29, 0.717) is 24.3 Å². The van der Waals surface area contributed by atoms with Crippen molar-refractivity contribution >= 4 is 17.2 Å². The predicted octanol–water partition coefficient (Wildman–Crippen LogP) is 4.15. The van der Waals surface area contributed by atoms with Gasteiger partial charge in [-0.25, -0.2) is 0 Å². The van der Waals surface area contributed by atoms with Crippen LogP contribution < -0.4 is 9.80 Å². The molecule has 0 bridgehead atoms. The molecule has 0 amide bonds. The van der Waals surface area contributed by atoms with Crippen molar-refractivity contribution < 1.29 is 30.0 Å². The zero-order valence-corrected chi connectivity index (χ0v) is 23.1. The molecular weight excluding hydrogens is 484 g/mol. The standard InChI is InChI=1S/C30H44N2O6/c1-5-12-31(13-6-2)21-8-10-23(25(34)17-21)27-29(36)28(30(27)37)24-11-9-22(18-26(24)35)32(14-7-3)15-16-38-19-20(4)33/h8-11,17-18,27-30,34-37H,5-7,12-16,19H2,1-4H3. The molecule has 1 saturated carbocycles. The second-order valence-corrected chi connectivity index (χ2v) is 10.2. The average Bonchev–Trinajstić information content (AvgIpc) is 2.88. The molecule has 2 atom stereocenters. The molecule has 210 valence electrons. The van der Waals surface area contributed by atoms with Crippen LogP contribution in [0.5, 0.6) is 11.5 Å². The van der Waals surface area contributed by atoms with Crippen molar-refractivity contribution in [1.82, 2.24) is 0 Å². The Hall–Kier alpha value is -2.81. The molecule has 3 rings (SSSR count). The Labute approximate surface area is 226 Å². The smallest absolute Gasteiger partial charge is 0.155 e. The summed E-state index contributed by atoms with van der Waals surface area (Å²) in [6, 6.07) is 10.7. The third kappa shape index (κ3) is 6.79. The summed E-state index contributed by atoms with van der Waals surface area (Å²) in [6.45, 7) is 11.4. The molecule has 0 spiro atoms. The van der Waals surface area contributed by atoms with Crippen molar-refractivity contribution in [2.45, 2.75) is 71.0 Å². The summed E-state index contributed by atoms with van der Waals surface area (Å²) >= 11 is 0.